The smallest absolute Gasteiger partial charge is 0.253 e. The van der Waals surface area contributed by atoms with Crippen molar-refractivity contribution in [3.05, 3.63) is 42.1 Å². The van der Waals surface area contributed by atoms with Gasteiger partial charge in [-0.1, -0.05) is 0 Å². The molecule has 0 aromatic carbocycles. The van der Waals surface area contributed by atoms with Gasteiger partial charge in [0.15, 0.2) is 5.82 Å². The summed E-state index contributed by atoms with van der Waals surface area (Å²) in [5.41, 5.74) is 11.0. The summed E-state index contributed by atoms with van der Waals surface area (Å²) in [4.78, 5) is 19.0. The van der Waals surface area contributed by atoms with E-state index < -0.39 is 11.7 Å². The number of nitrogens with zero attached hydrogens (tertiary/aromatic N) is 2. The van der Waals surface area contributed by atoms with Crippen LogP contribution in [0.3, 0.4) is 0 Å². The van der Waals surface area contributed by atoms with Gasteiger partial charge in [0, 0.05) is 18.0 Å². The van der Waals surface area contributed by atoms with Gasteiger partial charge in [0.25, 0.3) is 5.91 Å². The van der Waals surface area contributed by atoms with Crippen LogP contribution < -0.4 is 11.5 Å². The first kappa shape index (κ1) is 11.0. The van der Waals surface area contributed by atoms with E-state index in [1.165, 1.54) is 6.20 Å². The fraction of sp³-hybridized carbons (Fsp3) is 0. The van der Waals surface area contributed by atoms with Gasteiger partial charge >= 0.3 is 0 Å². The van der Waals surface area contributed by atoms with Gasteiger partial charge < -0.3 is 11.5 Å². The monoisotopic (exact) mass is 232 g/mol. The third kappa shape index (κ3) is 1.92. The van der Waals surface area contributed by atoms with E-state index >= 15 is 0 Å². The van der Waals surface area contributed by atoms with E-state index in [-0.39, 0.29) is 16.9 Å². The number of nitrogens with two attached hydrogens (primary N) is 2. The second kappa shape index (κ2) is 4.17. The minimum Gasteiger partial charge on any atom is -0.396 e. The van der Waals surface area contributed by atoms with Crippen LogP contribution in [0.2, 0.25) is 0 Å². The highest BCUT2D eigenvalue weighted by Crippen LogP contribution is 2.26. The fourth-order valence-corrected chi connectivity index (χ4v) is 1.47. The van der Waals surface area contributed by atoms with Gasteiger partial charge in [-0.05, 0) is 12.1 Å². The zero-order valence-electron chi connectivity index (χ0n) is 8.72. The van der Waals surface area contributed by atoms with Gasteiger partial charge in [-0.15, -0.1) is 0 Å². The minimum atomic E-state index is -0.826. The molecular weight excluding hydrogens is 223 g/mol. The Balaban J connectivity index is 2.71. The second-order valence-corrected chi connectivity index (χ2v) is 3.35. The molecule has 0 aliphatic heterocycles. The van der Waals surface area contributed by atoms with Crippen LogP contribution in [-0.4, -0.2) is 15.9 Å². The van der Waals surface area contributed by atoms with Crippen molar-refractivity contribution in [2.24, 2.45) is 5.73 Å². The van der Waals surface area contributed by atoms with E-state index in [0.29, 0.717) is 5.56 Å². The first-order valence-corrected chi connectivity index (χ1v) is 4.75. The van der Waals surface area contributed by atoms with Crippen LogP contribution in [0.5, 0.6) is 0 Å². The minimum absolute atomic E-state index is 0.127. The molecule has 2 aromatic rings. The van der Waals surface area contributed by atoms with Gasteiger partial charge in [0.2, 0.25) is 0 Å². The molecule has 2 rings (SSSR count). The summed E-state index contributed by atoms with van der Waals surface area (Å²) in [6.45, 7) is 0. The lowest BCUT2D eigenvalue weighted by atomic mass is 10.1. The molecule has 0 aliphatic rings. The van der Waals surface area contributed by atoms with Crippen LogP contribution in [0.1, 0.15) is 10.4 Å². The average Bonchev–Trinajstić information content (AvgIpc) is 2.33. The molecule has 0 spiro atoms. The highest BCUT2D eigenvalue weighted by molar-refractivity contribution is 6.03. The van der Waals surface area contributed by atoms with Crippen LogP contribution in [0, 0.1) is 5.82 Å². The fourth-order valence-electron chi connectivity index (χ4n) is 1.47. The highest BCUT2D eigenvalue weighted by atomic mass is 19.1. The normalized spacial score (nSPS) is 10.2. The summed E-state index contributed by atoms with van der Waals surface area (Å²) in [5, 5.41) is 0. The molecule has 0 atom stereocenters. The largest absolute Gasteiger partial charge is 0.396 e. The molecule has 0 radical (unpaired) electrons. The van der Waals surface area contributed by atoms with Crippen molar-refractivity contribution in [2.75, 3.05) is 5.73 Å². The lowest BCUT2D eigenvalue weighted by Crippen LogP contribution is -2.17. The summed E-state index contributed by atoms with van der Waals surface area (Å²) in [7, 11) is 0. The molecule has 86 valence electrons. The predicted molar refractivity (Wildman–Crippen MR) is 60.4 cm³/mol. The number of pyridine rings is 2. The number of hydrogen-bond acceptors (Lipinski definition) is 4. The molecule has 4 N–H and O–H groups in total. The van der Waals surface area contributed by atoms with Gasteiger partial charge in [0.1, 0.15) is 0 Å². The van der Waals surface area contributed by atoms with Crippen molar-refractivity contribution in [3.63, 3.8) is 0 Å². The van der Waals surface area contributed by atoms with E-state index in [9.17, 15) is 9.18 Å². The van der Waals surface area contributed by atoms with Crippen molar-refractivity contribution in [2.45, 2.75) is 0 Å². The SMILES string of the molecule is NC(=O)c1c(-c2cccnc2)ncc(F)c1N. The molecule has 5 nitrogen and oxygen atoms in total. The zero-order valence-corrected chi connectivity index (χ0v) is 8.72. The van der Waals surface area contributed by atoms with Gasteiger partial charge in [-0.3, -0.25) is 14.8 Å². The van der Waals surface area contributed by atoms with Crippen molar-refractivity contribution >= 4 is 11.6 Å². The average molecular weight is 232 g/mol. The van der Waals surface area contributed by atoms with Gasteiger partial charge in [-0.2, -0.15) is 0 Å². The number of carbonyl (C=O) groups excluding carboxylic acids is 1. The predicted octanol–water partition coefficient (Wildman–Crippen LogP) is 0.964. The number of aromatic nitrogens is 2. The van der Waals surface area contributed by atoms with Gasteiger partial charge in [0.05, 0.1) is 23.1 Å². The van der Waals surface area contributed by atoms with Gasteiger partial charge in [-0.25, -0.2) is 4.39 Å². The Morgan fingerprint density at radius 3 is 2.71 bits per heavy atom. The molecular formula is C11H9FN4O. The second-order valence-electron chi connectivity index (χ2n) is 3.35. The molecule has 0 bridgehead atoms. The van der Waals surface area contributed by atoms with Crippen LogP contribution in [0.4, 0.5) is 10.1 Å². The molecule has 0 aliphatic carbocycles. The Bertz CT molecular complexity index is 571. The van der Waals surface area contributed by atoms with E-state index in [1.807, 2.05) is 0 Å². The third-order valence-corrected chi connectivity index (χ3v) is 2.25. The number of nitrogen functional groups attached to an aromatic ring is 1. The first-order chi connectivity index (χ1) is 8.11. The van der Waals surface area contributed by atoms with E-state index in [1.54, 1.807) is 18.3 Å². The quantitative estimate of drug-likeness (QED) is 0.806. The number of primary amides is 1. The van der Waals surface area contributed by atoms with Crippen molar-refractivity contribution in [1.82, 2.24) is 9.97 Å². The van der Waals surface area contributed by atoms with Crippen LogP contribution in [0.15, 0.2) is 30.7 Å². The summed E-state index contributed by atoms with van der Waals surface area (Å²) in [6.07, 6.45) is 4.01. The first-order valence-electron chi connectivity index (χ1n) is 4.75. The van der Waals surface area contributed by atoms with Crippen LogP contribution in [-0.2, 0) is 0 Å². The number of amides is 1. The Labute approximate surface area is 96.3 Å². The Hall–Kier alpha value is -2.50. The molecule has 0 fully saturated rings. The molecule has 0 saturated carbocycles. The number of halogens is 1. The summed E-state index contributed by atoms with van der Waals surface area (Å²) < 4.78 is 13.2. The third-order valence-electron chi connectivity index (χ3n) is 2.25. The van der Waals surface area contributed by atoms with Crippen LogP contribution in [0.25, 0.3) is 11.3 Å². The maximum atomic E-state index is 13.2. The van der Waals surface area contributed by atoms with E-state index in [0.717, 1.165) is 6.20 Å². The maximum absolute atomic E-state index is 13.2. The summed E-state index contributed by atoms with van der Waals surface area (Å²) in [6, 6.07) is 3.35. The zero-order chi connectivity index (χ0) is 12.4. The Morgan fingerprint density at radius 2 is 2.12 bits per heavy atom. The summed E-state index contributed by atoms with van der Waals surface area (Å²) in [5.74, 6) is -1.60. The summed E-state index contributed by atoms with van der Waals surface area (Å²) >= 11 is 0. The Morgan fingerprint density at radius 1 is 1.35 bits per heavy atom. The number of rotatable bonds is 2. The van der Waals surface area contributed by atoms with Crippen molar-refractivity contribution in [1.29, 1.82) is 0 Å². The lowest BCUT2D eigenvalue weighted by Gasteiger charge is -2.08. The van der Waals surface area contributed by atoms with E-state index in [2.05, 4.69) is 9.97 Å². The molecule has 0 unspecified atom stereocenters. The number of anilines is 1. The van der Waals surface area contributed by atoms with Crippen molar-refractivity contribution in [3.8, 4) is 11.3 Å². The standard InChI is InChI=1S/C11H9FN4O/c12-7-5-16-10(6-2-1-3-15-4-6)8(9(7)13)11(14)17/h1-5H,(H2,13,16)(H2,14,17). The molecule has 2 heterocycles. The van der Waals surface area contributed by atoms with Crippen LogP contribution >= 0.6 is 0 Å². The molecule has 17 heavy (non-hydrogen) atoms. The highest BCUT2D eigenvalue weighted by Gasteiger charge is 2.18. The lowest BCUT2D eigenvalue weighted by molar-refractivity contribution is 0.100. The molecule has 0 saturated heterocycles. The molecule has 6 heteroatoms. The molecule has 1 amide bonds. The topological polar surface area (TPSA) is 94.9 Å². The Kier molecular flexibility index (Phi) is 2.70. The number of carbonyl (C=O) groups is 1. The number of hydrogen-bond donors (Lipinski definition) is 2. The van der Waals surface area contributed by atoms with E-state index in [4.69, 9.17) is 11.5 Å². The molecule has 2 aromatic heterocycles. The maximum Gasteiger partial charge on any atom is 0.253 e. The van der Waals surface area contributed by atoms with Crippen molar-refractivity contribution < 1.29 is 9.18 Å².